The van der Waals surface area contributed by atoms with Crippen LogP contribution in [0, 0.1) is 0 Å². The number of ketones is 2. The van der Waals surface area contributed by atoms with Crippen LogP contribution in [0.1, 0.15) is 31.8 Å². The van der Waals surface area contributed by atoms with E-state index in [1.165, 1.54) is 0 Å². The SMILES string of the molecule is O=C(Cc1ccccc1)c1ccc(C(=O)c2ccccc2)cc1. The third kappa shape index (κ3) is 3.61. The van der Waals surface area contributed by atoms with Gasteiger partial charge in [-0.25, -0.2) is 0 Å². The van der Waals surface area contributed by atoms with Crippen molar-refractivity contribution in [3.63, 3.8) is 0 Å². The maximum absolute atomic E-state index is 12.3. The number of Topliss-reactive ketones (excluding diaryl/α,β-unsaturated/α-hetero) is 1. The predicted molar refractivity (Wildman–Crippen MR) is 90.8 cm³/mol. The number of hydrogen-bond donors (Lipinski definition) is 0. The van der Waals surface area contributed by atoms with Gasteiger partial charge >= 0.3 is 0 Å². The maximum atomic E-state index is 12.3. The summed E-state index contributed by atoms with van der Waals surface area (Å²) >= 11 is 0. The van der Waals surface area contributed by atoms with Crippen LogP contribution in [0.15, 0.2) is 84.9 Å². The monoisotopic (exact) mass is 300 g/mol. The lowest BCUT2D eigenvalue weighted by molar-refractivity contribution is 0.0990. The Morgan fingerprint density at radius 2 is 1.04 bits per heavy atom. The molecule has 0 saturated heterocycles. The van der Waals surface area contributed by atoms with Gasteiger partial charge in [-0.05, 0) is 5.56 Å². The van der Waals surface area contributed by atoms with E-state index in [1.807, 2.05) is 48.5 Å². The van der Waals surface area contributed by atoms with Gasteiger partial charge in [-0.2, -0.15) is 0 Å². The number of benzene rings is 3. The molecule has 3 aromatic rings. The highest BCUT2D eigenvalue weighted by atomic mass is 16.1. The second-order valence-corrected chi connectivity index (χ2v) is 5.36. The average molecular weight is 300 g/mol. The van der Waals surface area contributed by atoms with Crippen molar-refractivity contribution >= 4 is 11.6 Å². The lowest BCUT2D eigenvalue weighted by atomic mass is 9.99. The van der Waals surface area contributed by atoms with Gasteiger partial charge in [0.1, 0.15) is 0 Å². The molecule has 0 N–H and O–H groups in total. The summed E-state index contributed by atoms with van der Waals surface area (Å²) in [6.45, 7) is 0. The van der Waals surface area contributed by atoms with Crippen molar-refractivity contribution in [3.8, 4) is 0 Å². The van der Waals surface area contributed by atoms with Gasteiger partial charge in [-0.3, -0.25) is 9.59 Å². The summed E-state index contributed by atoms with van der Waals surface area (Å²) < 4.78 is 0. The molecule has 2 nitrogen and oxygen atoms in total. The molecule has 0 fully saturated rings. The minimum Gasteiger partial charge on any atom is -0.294 e. The highest BCUT2D eigenvalue weighted by Gasteiger charge is 2.11. The van der Waals surface area contributed by atoms with E-state index in [9.17, 15) is 9.59 Å². The zero-order valence-electron chi connectivity index (χ0n) is 12.6. The highest BCUT2D eigenvalue weighted by Crippen LogP contribution is 2.13. The summed E-state index contributed by atoms with van der Waals surface area (Å²) in [5.41, 5.74) is 2.85. The zero-order chi connectivity index (χ0) is 16.1. The summed E-state index contributed by atoms with van der Waals surface area (Å²) in [5, 5.41) is 0. The molecule has 3 aromatic carbocycles. The van der Waals surface area contributed by atoms with Gasteiger partial charge in [0.15, 0.2) is 11.6 Å². The topological polar surface area (TPSA) is 34.1 Å². The molecule has 0 spiro atoms. The third-order valence-corrected chi connectivity index (χ3v) is 3.71. The van der Waals surface area contributed by atoms with Crippen molar-refractivity contribution in [2.75, 3.05) is 0 Å². The number of carbonyl (C=O) groups excluding carboxylic acids is 2. The van der Waals surface area contributed by atoms with Crippen LogP contribution >= 0.6 is 0 Å². The molecular weight excluding hydrogens is 284 g/mol. The minimum atomic E-state index is -0.0346. The van der Waals surface area contributed by atoms with E-state index in [0.29, 0.717) is 23.1 Å². The molecule has 0 aliphatic carbocycles. The number of carbonyl (C=O) groups is 2. The van der Waals surface area contributed by atoms with E-state index in [0.717, 1.165) is 5.56 Å². The van der Waals surface area contributed by atoms with Gasteiger partial charge in [0.25, 0.3) is 0 Å². The van der Waals surface area contributed by atoms with E-state index >= 15 is 0 Å². The second-order valence-electron chi connectivity index (χ2n) is 5.36. The quantitative estimate of drug-likeness (QED) is 0.657. The van der Waals surface area contributed by atoms with Crippen LogP contribution in [0.3, 0.4) is 0 Å². The Morgan fingerprint density at radius 1 is 0.565 bits per heavy atom. The van der Waals surface area contributed by atoms with Gasteiger partial charge in [-0.1, -0.05) is 84.9 Å². The van der Waals surface area contributed by atoms with E-state index in [1.54, 1.807) is 36.4 Å². The van der Waals surface area contributed by atoms with Crippen LogP contribution in [0.5, 0.6) is 0 Å². The van der Waals surface area contributed by atoms with Crippen molar-refractivity contribution in [3.05, 3.63) is 107 Å². The van der Waals surface area contributed by atoms with Gasteiger partial charge < -0.3 is 0 Å². The lowest BCUT2D eigenvalue weighted by Gasteiger charge is -2.04. The normalized spacial score (nSPS) is 10.3. The van der Waals surface area contributed by atoms with Crippen LogP contribution in [-0.4, -0.2) is 11.6 Å². The predicted octanol–water partition coefficient (Wildman–Crippen LogP) is 4.34. The van der Waals surface area contributed by atoms with Crippen molar-refractivity contribution < 1.29 is 9.59 Å². The Labute approximate surface area is 135 Å². The Morgan fingerprint density at radius 3 is 1.65 bits per heavy atom. The highest BCUT2D eigenvalue weighted by molar-refractivity contribution is 6.09. The van der Waals surface area contributed by atoms with Crippen LogP contribution < -0.4 is 0 Å². The molecule has 0 atom stereocenters. The fourth-order valence-corrected chi connectivity index (χ4v) is 2.45. The Hall–Kier alpha value is -3.00. The molecule has 0 aliphatic rings. The van der Waals surface area contributed by atoms with Crippen molar-refractivity contribution in [2.24, 2.45) is 0 Å². The molecule has 3 rings (SSSR count). The molecule has 0 heterocycles. The molecule has 0 aliphatic heterocycles. The van der Waals surface area contributed by atoms with Crippen LogP contribution in [0.4, 0.5) is 0 Å². The largest absolute Gasteiger partial charge is 0.294 e. The summed E-state index contributed by atoms with van der Waals surface area (Å²) in [7, 11) is 0. The molecule has 0 unspecified atom stereocenters. The third-order valence-electron chi connectivity index (χ3n) is 3.71. The molecule has 23 heavy (non-hydrogen) atoms. The number of rotatable bonds is 5. The first kappa shape index (κ1) is 14.9. The summed E-state index contributed by atoms with van der Waals surface area (Å²) in [4.78, 5) is 24.6. The first-order chi connectivity index (χ1) is 11.2. The minimum absolute atomic E-state index is 0.0346. The van der Waals surface area contributed by atoms with Crippen molar-refractivity contribution in [2.45, 2.75) is 6.42 Å². The van der Waals surface area contributed by atoms with E-state index < -0.39 is 0 Å². The van der Waals surface area contributed by atoms with Crippen LogP contribution in [0.25, 0.3) is 0 Å². The molecule has 0 aromatic heterocycles. The molecule has 2 heteroatoms. The van der Waals surface area contributed by atoms with Crippen molar-refractivity contribution in [1.82, 2.24) is 0 Å². The molecule has 112 valence electrons. The molecular formula is C21H16O2. The van der Waals surface area contributed by atoms with Crippen LogP contribution in [-0.2, 0) is 6.42 Å². The summed E-state index contributed by atoms with van der Waals surface area (Å²) in [6.07, 6.45) is 0.368. The van der Waals surface area contributed by atoms with Gasteiger partial charge in [-0.15, -0.1) is 0 Å². The average Bonchev–Trinajstić information content (AvgIpc) is 2.63. The molecule has 0 radical (unpaired) electrons. The summed E-state index contributed by atoms with van der Waals surface area (Å²) in [6, 6.07) is 25.7. The van der Waals surface area contributed by atoms with Gasteiger partial charge in [0.05, 0.1) is 0 Å². The fraction of sp³-hybridized carbons (Fsp3) is 0.0476. The summed E-state index contributed by atoms with van der Waals surface area (Å²) in [5.74, 6) is 0.0163. The van der Waals surface area contributed by atoms with Crippen molar-refractivity contribution in [1.29, 1.82) is 0 Å². The Kier molecular flexibility index (Phi) is 4.44. The van der Waals surface area contributed by atoms with E-state index in [4.69, 9.17) is 0 Å². The Balaban J connectivity index is 1.74. The van der Waals surface area contributed by atoms with Crippen LogP contribution in [0.2, 0.25) is 0 Å². The van der Waals surface area contributed by atoms with E-state index in [-0.39, 0.29) is 11.6 Å². The zero-order valence-corrected chi connectivity index (χ0v) is 12.6. The molecule has 0 saturated carbocycles. The maximum Gasteiger partial charge on any atom is 0.193 e. The fourth-order valence-electron chi connectivity index (χ4n) is 2.45. The lowest BCUT2D eigenvalue weighted by Crippen LogP contribution is -2.05. The first-order valence-electron chi connectivity index (χ1n) is 7.51. The van der Waals surface area contributed by atoms with E-state index in [2.05, 4.69) is 0 Å². The smallest absolute Gasteiger partial charge is 0.193 e. The standard InChI is InChI=1S/C21H16O2/c22-20(15-16-7-3-1-4-8-16)17-11-13-19(14-12-17)21(23)18-9-5-2-6-10-18/h1-14H,15H2. The van der Waals surface area contributed by atoms with Gasteiger partial charge in [0, 0.05) is 23.1 Å². The molecule has 0 bridgehead atoms. The Bertz CT molecular complexity index is 803. The second kappa shape index (κ2) is 6.84. The molecule has 0 amide bonds. The first-order valence-corrected chi connectivity index (χ1v) is 7.51. The van der Waals surface area contributed by atoms with Gasteiger partial charge in [0.2, 0.25) is 0 Å². The number of hydrogen-bond acceptors (Lipinski definition) is 2.